The average Bonchev–Trinajstić information content (AvgIpc) is 2.07. The Morgan fingerprint density at radius 2 is 2.07 bits per heavy atom. The molecule has 0 amide bonds. The van der Waals surface area contributed by atoms with Gasteiger partial charge in [0.25, 0.3) is 0 Å². The van der Waals surface area contributed by atoms with E-state index < -0.39 is 0 Å². The van der Waals surface area contributed by atoms with Gasteiger partial charge < -0.3 is 11.1 Å². The smallest absolute Gasteiger partial charge is 0.122 e. The lowest BCUT2D eigenvalue weighted by Crippen LogP contribution is -2.13. The molecular weight excluding hydrogens is 174 g/mol. The Kier molecular flexibility index (Phi) is 3.12. The van der Waals surface area contributed by atoms with E-state index in [0.29, 0.717) is 6.04 Å². The molecule has 0 fully saturated rings. The molecule has 0 bridgehead atoms. The molecule has 4 N–H and O–H groups in total. The summed E-state index contributed by atoms with van der Waals surface area (Å²) < 4.78 is 0. The minimum Gasteiger partial charge on any atom is -0.384 e. The minimum absolute atomic E-state index is 0.115. The molecular formula is C11H17N3. The number of aryl methyl sites for hydroxylation is 1. The van der Waals surface area contributed by atoms with Gasteiger partial charge in [0.15, 0.2) is 0 Å². The number of amidine groups is 1. The zero-order chi connectivity index (χ0) is 10.7. The van der Waals surface area contributed by atoms with Crippen LogP contribution in [0.15, 0.2) is 18.2 Å². The Labute approximate surface area is 84.8 Å². The topological polar surface area (TPSA) is 61.9 Å². The molecule has 1 rings (SSSR count). The van der Waals surface area contributed by atoms with Gasteiger partial charge in [-0.1, -0.05) is 0 Å². The molecule has 0 aliphatic heterocycles. The number of rotatable bonds is 3. The van der Waals surface area contributed by atoms with Gasteiger partial charge in [0.1, 0.15) is 5.84 Å². The van der Waals surface area contributed by atoms with E-state index in [0.717, 1.165) is 16.8 Å². The third-order valence-electron chi connectivity index (χ3n) is 1.98. The molecule has 0 aliphatic rings. The van der Waals surface area contributed by atoms with Crippen LogP contribution in [0.5, 0.6) is 0 Å². The van der Waals surface area contributed by atoms with Crippen LogP contribution in [0.3, 0.4) is 0 Å². The highest BCUT2D eigenvalue weighted by Gasteiger charge is 2.02. The molecule has 0 saturated heterocycles. The lowest BCUT2D eigenvalue weighted by Gasteiger charge is -2.13. The molecule has 0 aromatic heterocycles. The minimum atomic E-state index is 0.115. The molecule has 0 unspecified atom stereocenters. The fourth-order valence-corrected chi connectivity index (χ4v) is 1.30. The molecule has 0 radical (unpaired) electrons. The Morgan fingerprint density at radius 3 is 2.50 bits per heavy atom. The van der Waals surface area contributed by atoms with Gasteiger partial charge in [-0.2, -0.15) is 0 Å². The van der Waals surface area contributed by atoms with Crippen molar-refractivity contribution >= 4 is 11.5 Å². The third-order valence-corrected chi connectivity index (χ3v) is 1.98. The van der Waals surface area contributed by atoms with E-state index in [-0.39, 0.29) is 5.84 Å². The van der Waals surface area contributed by atoms with Gasteiger partial charge in [0.05, 0.1) is 0 Å². The van der Waals surface area contributed by atoms with Gasteiger partial charge in [-0.15, -0.1) is 0 Å². The number of hydrogen-bond acceptors (Lipinski definition) is 2. The molecule has 0 saturated carbocycles. The van der Waals surface area contributed by atoms with Gasteiger partial charge >= 0.3 is 0 Å². The van der Waals surface area contributed by atoms with Crippen molar-refractivity contribution in [3.63, 3.8) is 0 Å². The van der Waals surface area contributed by atoms with E-state index in [1.165, 1.54) is 0 Å². The van der Waals surface area contributed by atoms with Crippen LogP contribution in [0.1, 0.15) is 25.0 Å². The Balaban J connectivity index is 2.95. The van der Waals surface area contributed by atoms with Crippen molar-refractivity contribution in [2.75, 3.05) is 5.32 Å². The van der Waals surface area contributed by atoms with Crippen molar-refractivity contribution < 1.29 is 0 Å². The van der Waals surface area contributed by atoms with Crippen LogP contribution in [0.2, 0.25) is 0 Å². The summed E-state index contributed by atoms with van der Waals surface area (Å²) in [4.78, 5) is 0. The first-order valence-corrected chi connectivity index (χ1v) is 4.72. The molecule has 3 nitrogen and oxygen atoms in total. The van der Waals surface area contributed by atoms with E-state index in [1.54, 1.807) is 0 Å². The maximum absolute atomic E-state index is 7.30. The monoisotopic (exact) mass is 191 g/mol. The van der Waals surface area contributed by atoms with Gasteiger partial charge in [-0.3, -0.25) is 5.41 Å². The second-order valence-corrected chi connectivity index (χ2v) is 3.74. The average molecular weight is 191 g/mol. The number of anilines is 1. The molecule has 0 aliphatic carbocycles. The SMILES string of the molecule is Cc1cc(C(=N)N)ccc1NC(C)C. The van der Waals surface area contributed by atoms with E-state index in [1.807, 2.05) is 25.1 Å². The zero-order valence-electron chi connectivity index (χ0n) is 8.89. The molecule has 0 heterocycles. The molecule has 1 aromatic carbocycles. The Hall–Kier alpha value is -1.51. The first-order valence-electron chi connectivity index (χ1n) is 4.72. The number of nitrogen functional groups attached to an aromatic ring is 1. The highest BCUT2D eigenvalue weighted by atomic mass is 14.9. The van der Waals surface area contributed by atoms with Crippen molar-refractivity contribution in [3.8, 4) is 0 Å². The predicted octanol–water partition coefficient (Wildman–Crippen LogP) is 2.10. The molecule has 0 atom stereocenters. The van der Waals surface area contributed by atoms with Crippen molar-refractivity contribution in [1.29, 1.82) is 5.41 Å². The molecule has 1 aromatic rings. The van der Waals surface area contributed by atoms with Crippen LogP contribution >= 0.6 is 0 Å². The summed E-state index contributed by atoms with van der Waals surface area (Å²) in [6.07, 6.45) is 0. The first kappa shape index (κ1) is 10.6. The normalized spacial score (nSPS) is 10.3. The second kappa shape index (κ2) is 4.13. The van der Waals surface area contributed by atoms with Crippen molar-refractivity contribution in [2.45, 2.75) is 26.8 Å². The number of benzene rings is 1. The van der Waals surface area contributed by atoms with Crippen LogP contribution in [0, 0.1) is 12.3 Å². The van der Waals surface area contributed by atoms with E-state index in [2.05, 4.69) is 19.2 Å². The standard InChI is InChI=1S/C11H17N3/c1-7(2)14-10-5-4-9(11(12)13)6-8(10)3/h4-7,14H,1-3H3,(H3,12,13). The molecule has 0 spiro atoms. The van der Waals surface area contributed by atoms with E-state index in [4.69, 9.17) is 11.1 Å². The molecule has 3 heteroatoms. The number of nitrogens with two attached hydrogens (primary N) is 1. The quantitative estimate of drug-likeness (QED) is 0.506. The summed E-state index contributed by atoms with van der Waals surface area (Å²) in [7, 11) is 0. The second-order valence-electron chi connectivity index (χ2n) is 3.74. The van der Waals surface area contributed by atoms with Gasteiger partial charge in [-0.25, -0.2) is 0 Å². The summed E-state index contributed by atoms with van der Waals surface area (Å²) in [6, 6.07) is 6.16. The Morgan fingerprint density at radius 1 is 1.43 bits per heavy atom. The van der Waals surface area contributed by atoms with Crippen LogP contribution in [0.4, 0.5) is 5.69 Å². The maximum atomic E-state index is 7.30. The van der Waals surface area contributed by atoms with Crippen molar-refractivity contribution in [2.24, 2.45) is 5.73 Å². The van der Waals surface area contributed by atoms with Crippen LogP contribution in [-0.2, 0) is 0 Å². The highest BCUT2D eigenvalue weighted by Crippen LogP contribution is 2.16. The molecule has 14 heavy (non-hydrogen) atoms. The highest BCUT2D eigenvalue weighted by molar-refractivity contribution is 5.95. The third kappa shape index (κ3) is 2.49. The summed E-state index contributed by atoms with van der Waals surface area (Å²) in [5.41, 5.74) is 8.39. The lowest BCUT2D eigenvalue weighted by molar-refractivity contribution is 0.897. The van der Waals surface area contributed by atoms with E-state index in [9.17, 15) is 0 Å². The Bertz CT molecular complexity index is 342. The van der Waals surface area contributed by atoms with Crippen LogP contribution in [-0.4, -0.2) is 11.9 Å². The number of hydrogen-bond donors (Lipinski definition) is 3. The summed E-state index contributed by atoms with van der Waals surface area (Å²) in [5, 5.41) is 10.6. The van der Waals surface area contributed by atoms with Crippen molar-refractivity contribution in [3.05, 3.63) is 29.3 Å². The van der Waals surface area contributed by atoms with Crippen molar-refractivity contribution in [1.82, 2.24) is 0 Å². The fourth-order valence-electron chi connectivity index (χ4n) is 1.30. The maximum Gasteiger partial charge on any atom is 0.122 e. The predicted molar refractivity (Wildman–Crippen MR) is 61.0 cm³/mol. The van der Waals surface area contributed by atoms with Gasteiger partial charge in [0.2, 0.25) is 0 Å². The lowest BCUT2D eigenvalue weighted by atomic mass is 10.1. The fraction of sp³-hybridized carbons (Fsp3) is 0.364. The zero-order valence-corrected chi connectivity index (χ0v) is 8.89. The van der Waals surface area contributed by atoms with Crippen LogP contribution < -0.4 is 11.1 Å². The summed E-state index contributed by atoms with van der Waals surface area (Å²) in [5.74, 6) is 0.115. The summed E-state index contributed by atoms with van der Waals surface area (Å²) in [6.45, 7) is 6.20. The largest absolute Gasteiger partial charge is 0.384 e. The molecule has 76 valence electrons. The summed E-state index contributed by atoms with van der Waals surface area (Å²) >= 11 is 0. The van der Waals surface area contributed by atoms with Gasteiger partial charge in [-0.05, 0) is 44.5 Å². The first-order chi connectivity index (χ1) is 6.50. The number of nitrogens with one attached hydrogen (secondary N) is 2. The van der Waals surface area contributed by atoms with Crippen LogP contribution in [0.25, 0.3) is 0 Å². The van der Waals surface area contributed by atoms with Gasteiger partial charge in [0, 0.05) is 17.3 Å². The van der Waals surface area contributed by atoms with E-state index >= 15 is 0 Å².